The van der Waals surface area contributed by atoms with Crippen molar-refractivity contribution in [2.45, 2.75) is 45.4 Å². The molecule has 0 aromatic heterocycles. The highest BCUT2D eigenvalue weighted by Gasteiger charge is 2.46. The molecular weight excluding hydrogens is 241 g/mol. The molecule has 0 rings (SSSR count). The van der Waals surface area contributed by atoms with E-state index in [1.807, 2.05) is 0 Å². The molecule has 0 spiro atoms. The first-order valence-electron chi connectivity index (χ1n) is 7.31. The zero-order chi connectivity index (χ0) is 14.2. The third-order valence-electron chi connectivity index (χ3n) is 3.73. The zero-order valence-electron chi connectivity index (χ0n) is 13.7. The first-order valence-corrected chi connectivity index (χ1v) is 9.14. The SMILES string of the molecule is CCCCCCCC[P+](N(C)C)(N(C)C)N(C)C. The predicted molar refractivity (Wildman–Crippen MR) is 86.2 cm³/mol. The highest BCUT2D eigenvalue weighted by molar-refractivity contribution is 7.68. The van der Waals surface area contributed by atoms with Crippen molar-refractivity contribution in [1.29, 1.82) is 0 Å². The summed E-state index contributed by atoms with van der Waals surface area (Å²) in [5.41, 5.74) is 0. The molecule has 0 aliphatic carbocycles. The molecule has 0 atom stereocenters. The average molecular weight is 276 g/mol. The van der Waals surface area contributed by atoms with Gasteiger partial charge in [0, 0.05) is 42.3 Å². The fraction of sp³-hybridized carbons (Fsp3) is 1.00. The molecule has 0 aliphatic rings. The molecule has 0 bridgehead atoms. The van der Waals surface area contributed by atoms with Gasteiger partial charge in [-0.2, -0.15) is 14.0 Å². The van der Waals surface area contributed by atoms with E-state index in [4.69, 9.17) is 0 Å². The second-order valence-corrected chi connectivity index (χ2v) is 9.96. The van der Waals surface area contributed by atoms with E-state index in [1.165, 1.54) is 44.7 Å². The predicted octanol–water partition coefficient (Wildman–Crippen LogP) is 3.79. The fourth-order valence-electron chi connectivity index (χ4n) is 2.78. The maximum atomic E-state index is 2.44. The Morgan fingerprint density at radius 1 is 0.611 bits per heavy atom. The maximum Gasteiger partial charge on any atom is 0.225 e. The van der Waals surface area contributed by atoms with Crippen LogP contribution in [0.3, 0.4) is 0 Å². The van der Waals surface area contributed by atoms with Crippen LogP contribution < -0.4 is 0 Å². The molecule has 0 aromatic rings. The summed E-state index contributed by atoms with van der Waals surface area (Å²) >= 11 is 0. The van der Waals surface area contributed by atoms with Crippen molar-refractivity contribution in [3.05, 3.63) is 0 Å². The summed E-state index contributed by atoms with van der Waals surface area (Å²) in [7, 11) is 12.1. The van der Waals surface area contributed by atoms with Crippen LogP contribution in [0, 0.1) is 0 Å². The lowest BCUT2D eigenvalue weighted by Gasteiger charge is -2.40. The zero-order valence-corrected chi connectivity index (χ0v) is 14.6. The molecule has 0 unspecified atom stereocenters. The molecule has 0 saturated heterocycles. The van der Waals surface area contributed by atoms with Gasteiger partial charge in [0.25, 0.3) is 0 Å². The number of hydrogen-bond donors (Lipinski definition) is 0. The van der Waals surface area contributed by atoms with Crippen molar-refractivity contribution in [2.24, 2.45) is 0 Å². The van der Waals surface area contributed by atoms with E-state index in [2.05, 4.69) is 63.2 Å². The Labute approximate surface area is 116 Å². The molecule has 0 aliphatic heterocycles. The Bertz CT molecular complexity index is 183. The normalized spacial score (nSPS) is 13.0. The van der Waals surface area contributed by atoms with Crippen molar-refractivity contribution >= 4 is 7.71 Å². The molecule has 0 amide bonds. The van der Waals surface area contributed by atoms with Crippen LogP contribution in [0.2, 0.25) is 0 Å². The highest BCUT2D eigenvalue weighted by atomic mass is 31.2. The van der Waals surface area contributed by atoms with Gasteiger partial charge >= 0.3 is 0 Å². The molecule has 0 N–H and O–H groups in total. The standard InChI is InChI=1S/C14H35N3P/c1-8-9-10-11-12-13-14-18(15(2)3,16(4)5)17(6)7/h8-14H2,1-7H3/q+1. The van der Waals surface area contributed by atoms with Crippen LogP contribution in [-0.2, 0) is 0 Å². The molecule has 0 aromatic carbocycles. The highest BCUT2D eigenvalue weighted by Crippen LogP contribution is 2.63. The number of nitrogens with zero attached hydrogens (tertiary/aromatic N) is 3. The van der Waals surface area contributed by atoms with E-state index in [0.717, 1.165) is 0 Å². The largest absolute Gasteiger partial charge is 0.225 e. The van der Waals surface area contributed by atoms with Gasteiger partial charge in [-0.05, 0) is 12.8 Å². The van der Waals surface area contributed by atoms with Gasteiger partial charge in [0.1, 0.15) is 6.16 Å². The van der Waals surface area contributed by atoms with E-state index in [0.29, 0.717) is 0 Å². The molecule has 18 heavy (non-hydrogen) atoms. The Morgan fingerprint density at radius 2 is 1.00 bits per heavy atom. The third kappa shape index (κ3) is 5.13. The quantitative estimate of drug-likeness (QED) is 0.444. The molecule has 3 nitrogen and oxygen atoms in total. The summed E-state index contributed by atoms with van der Waals surface area (Å²) in [6.45, 7) is 2.28. The molecule has 4 heteroatoms. The minimum absolute atomic E-state index is 1.27. The number of rotatable bonds is 10. The van der Waals surface area contributed by atoms with E-state index < -0.39 is 7.71 Å². The molecule has 0 saturated carbocycles. The lowest BCUT2D eigenvalue weighted by Crippen LogP contribution is -2.37. The molecule has 0 fully saturated rings. The minimum Gasteiger partial charge on any atom is -0.155 e. The first-order chi connectivity index (χ1) is 8.39. The van der Waals surface area contributed by atoms with E-state index >= 15 is 0 Å². The van der Waals surface area contributed by atoms with E-state index in [-0.39, 0.29) is 0 Å². The smallest absolute Gasteiger partial charge is 0.155 e. The van der Waals surface area contributed by atoms with Gasteiger partial charge in [0.05, 0.1) is 0 Å². The van der Waals surface area contributed by atoms with Crippen LogP contribution in [0.25, 0.3) is 0 Å². The molecule has 0 radical (unpaired) electrons. The number of hydrogen-bond acceptors (Lipinski definition) is 3. The van der Waals surface area contributed by atoms with Crippen molar-refractivity contribution in [2.75, 3.05) is 48.4 Å². The molecule has 0 heterocycles. The van der Waals surface area contributed by atoms with Crippen LogP contribution in [0.15, 0.2) is 0 Å². The van der Waals surface area contributed by atoms with Crippen LogP contribution in [0.1, 0.15) is 45.4 Å². The van der Waals surface area contributed by atoms with Crippen LogP contribution in [0.4, 0.5) is 0 Å². The van der Waals surface area contributed by atoms with Gasteiger partial charge in [0.2, 0.25) is 7.71 Å². The van der Waals surface area contributed by atoms with Crippen molar-refractivity contribution in [3.63, 3.8) is 0 Å². The number of unbranched alkanes of at least 4 members (excludes halogenated alkanes) is 5. The van der Waals surface area contributed by atoms with Gasteiger partial charge in [-0.3, -0.25) is 0 Å². The lowest BCUT2D eigenvalue weighted by atomic mass is 10.1. The van der Waals surface area contributed by atoms with E-state index in [9.17, 15) is 0 Å². The molecular formula is C14H35N3P+. The second-order valence-electron chi connectivity index (χ2n) is 5.73. The van der Waals surface area contributed by atoms with Crippen molar-refractivity contribution in [1.82, 2.24) is 14.0 Å². The topological polar surface area (TPSA) is 9.72 Å². The Balaban J connectivity index is 4.26. The Kier molecular flexibility index (Phi) is 9.41. The first kappa shape index (κ1) is 18.3. The van der Waals surface area contributed by atoms with Crippen molar-refractivity contribution in [3.8, 4) is 0 Å². The monoisotopic (exact) mass is 276 g/mol. The van der Waals surface area contributed by atoms with Gasteiger partial charge in [0.15, 0.2) is 0 Å². The maximum absolute atomic E-state index is 2.44. The second kappa shape index (κ2) is 9.25. The summed E-state index contributed by atoms with van der Waals surface area (Å²) < 4.78 is 7.33. The van der Waals surface area contributed by atoms with Gasteiger partial charge in [-0.25, -0.2) is 0 Å². The lowest BCUT2D eigenvalue weighted by molar-refractivity contribution is 0.454. The minimum atomic E-state index is -1.27. The summed E-state index contributed by atoms with van der Waals surface area (Å²) in [5, 5.41) is 0. The van der Waals surface area contributed by atoms with Crippen LogP contribution >= 0.6 is 7.71 Å². The van der Waals surface area contributed by atoms with Crippen LogP contribution in [-0.4, -0.2) is 62.5 Å². The van der Waals surface area contributed by atoms with Gasteiger partial charge in [-0.1, -0.05) is 32.6 Å². The molecule has 110 valence electrons. The summed E-state index contributed by atoms with van der Waals surface area (Å²) in [5.74, 6) is 0. The van der Waals surface area contributed by atoms with Gasteiger partial charge in [-0.15, -0.1) is 0 Å². The summed E-state index contributed by atoms with van der Waals surface area (Å²) in [6.07, 6.45) is 9.60. The van der Waals surface area contributed by atoms with E-state index in [1.54, 1.807) is 0 Å². The van der Waals surface area contributed by atoms with Crippen LogP contribution in [0.5, 0.6) is 0 Å². The summed E-state index contributed by atoms with van der Waals surface area (Å²) in [6, 6.07) is 0. The van der Waals surface area contributed by atoms with Gasteiger partial charge < -0.3 is 0 Å². The summed E-state index contributed by atoms with van der Waals surface area (Å²) in [4.78, 5) is 0. The fourth-order valence-corrected chi connectivity index (χ4v) is 6.77. The Morgan fingerprint density at radius 3 is 1.39 bits per heavy atom. The average Bonchev–Trinajstić information content (AvgIpc) is 2.26. The Hall–Kier alpha value is 0.310. The van der Waals surface area contributed by atoms with Crippen molar-refractivity contribution < 1.29 is 0 Å². The third-order valence-corrected chi connectivity index (χ3v) is 8.49.